The normalized spacial score (nSPS) is 14.1. The maximum atomic E-state index is 12.7. The summed E-state index contributed by atoms with van der Waals surface area (Å²) in [5, 5.41) is 2.83. The summed E-state index contributed by atoms with van der Waals surface area (Å²) in [4.78, 5) is 39.0. The number of benzene rings is 1. The van der Waals surface area contributed by atoms with Gasteiger partial charge in [0.1, 0.15) is 6.54 Å². The number of esters is 1. The Hall–Kier alpha value is -3.13. The topological polar surface area (TPSA) is 89.9 Å². The van der Waals surface area contributed by atoms with Crippen molar-refractivity contribution in [3.8, 4) is 5.75 Å². The van der Waals surface area contributed by atoms with Crippen LogP contribution >= 0.6 is 0 Å². The number of piperidine rings is 1. The number of likely N-dealkylation sites (tertiary alicyclic amines) is 1. The molecule has 1 aromatic carbocycles. The Labute approximate surface area is 181 Å². The Kier molecular flexibility index (Phi) is 7.83. The standard InChI is InChI=1S/C23H29N3O5/c1-3-31-23(29)17-7-9-18(10-8-17)24-22(28)16-26-15-21(30-2)20(27)13-19(26)14-25-11-5-4-6-12-25/h7-10,13,15H,3-6,11-12,14,16H2,1-2H3,(H,24,28). The molecule has 1 saturated heterocycles. The molecular formula is C23H29N3O5. The maximum Gasteiger partial charge on any atom is 0.338 e. The van der Waals surface area contributed by atoms with Crippen LogP contribution < -0.4 is 15.5 Å². The van der Waals surface area contributed by atoms with Gasteiger partial charge in [0, 0.05) is 24.0 Å². The van der Waals surface area contributed by atoms with Crippen LogP contribution in [0.1, 0.15) is 42.2 Å². The third-order valence-electron chi connectivity index (χ3n) is 5.23. The monoisotopic (exact) mass is 427 g/mol. The highest BCUT2D eigenvalue weighted by molar-refractivity contribution is 5.93. The molecule has 1 aromatic heterocycles. The molecule has 1 aliphatic rings. The zero-order valence-electron chi connectivity index (χ0n) is 18.1. The van der Waals surface area contributed by atoms with Crippen molar-refractivity contribution in [3.05, 3.63) is 58.0 Å². The first-order chi connectivity index (χ1) is 15.0. The molecule has 166 valence electrons. The first-order valence-corrected chi connectivity index (χ1v) is 10.6. The van der Waals surface area contributed by atoms with Crippen LogP contribution in [0.5, 0.6) is 5.75 Å². The van der Waals surface area contributed by atoms with Gasteiger partial charge in [0.2, 0.25) is 11.3 Å². The smallest absolute Gasteiger partial charge is 0.338 e. The van der Waals surface area contributed by atoms with Crippen LogP contribution in [0.4, 0.5) is 5.69 Å². The third-order valence-corrected chi connectivity index (χ3v) is 5.23. The van der Waals surface area contributed by atoms with Gasteiger partial charge in [0.15, 0.2) is 5.75 Å². The molecule has 8 nitrogen and oxygen atoms in total. The van der Waals surface area contributed by atoms with Crippen LogP contribution in [-0.2, 0) is 22.6 Å². The lowest BCUT2D eigenvalue weighted by atomic mass is 10.1. The van der Waals surface area contributed by atoms with E-state index < -0.39 is 5.97 Å². The molecule has 1 N–H and O–H groups in total. The van der Waals surface area contributed by atoms with Crippen LogP contribution in [0.15, 0.2) is 41.3 Å². The van der Waals surface area contributed by atoms with Crippen LogP contribution in [0, 0.1) is 0 Å². The minimum atomic E-state index is -0.400. The van der Waals surface area contributed by atoms with Crippen LogP contribution in [0.2, 0.25) is 0 Å². The first-order valence-electron chi connectivity index (χ1n) is 10.6. The van der Waals surface area contributed by atoms with Gasteiger partial charge in [-0.3, -0.25) is 14.5 Å². The summed E-state index contributed by atoms with van der Waals surface area (Å²) in [6.45, 7) is 4.68. The summed E-state index contributed by atoms with van der Waals surface area (Å²) in [6.07, 6.45) is 5.10. The predicted octanol–water partition coefficient (Wildman–Crippen LogP) is 2.66. The molecule has 0 atom stereocenters. The molecule has 1 fully saturated rings. The highest BCUT2D eigenvalue weighted by atomic mass is 16.5. The van der Waals surface area contributed by atoms with E-state index in [4.69, 9.17) is 9.47 Å². The fourth-order valence-corrected chi connectivity index (χ4v) is 3.64. The van der Waals surface area contributed by atoms with Crippen LogP contribution in [-0.4, -0.2) is 48.1 Å². The molecule has 0 spiro atoms. The second-order valence-electron chi connectivity index (χ2n) is 7.51. The van der Waals surface area contributed by atoms with Gasteiger partial charge in [-0.25, -0.2) is 4.79 Å². The molecule has 0 bridgehead atoms. The SMILES string of the molecule is CCOC(=O)c1ccc(NC(=O)Cn2cc(OC)c(=O)cc2CN2CCCCC2)cc1. The van der Waals surface area contributed by atoms with E-state index in [1.165, 1.54) is 13.5 Å². The number of carbonyl (C=O) groups excluding carboxylic acids is 2. The van der Waals surface area contributed by atoms with Gasteiger partial charge in [0.25, 0.3) is 0 Å². The highest BCUT2D eigenvalue weighted by Crippen LogP contribution is 2.15. The van der Waals surface area contributed by atoms with Gasteiger partial charge in [0.05, 0.1) is 25.5 Å². The minimum absolute atomic E-state index is 0.0411. The van der Waals surface area contributed by atoms with Crippen LogP contribution in [0.25, 0.3) is 0 Å². The largest absolute Gasteiger partial charge is 0.491 e. The Morgan fingerprint density at radius 1 is 1.10 bits per heavy atom. The van der Waals surface area contributed by atoms with Gasteiger partial charge >= 0.3 is 5.97 Å². The Bertz CT molecular complexity index is 962. The summed E-state index contributed by atoms with van der Waals surface area (Å²) in [5.74, 6) is -0.438. The number of nitrogens with one attached hydrogen (secondary N) is 1. The van der Waals surface area contributed by atoms with E-state index in [9.17, 15) is 14.4 Å². The molecule has 3 rings (SSSR count). The first kappa shape index (κ1) is 22.6. The molecule has 2 heterocycles. The molecular weight excluding hydrogens is 398 g/mol. The van der Waals surface area contributed by atoms with Crippen LogP contribution in [0.3, 0.4) is 0 Å². The summed E-state index contributed by atoms with van der Waals surface area (Å²) in [5.41, 5.74) is 1.58. The number of rotatable bonds is 8. The number of hydrogen-bond donors (Lipinski definition) is 1. The van der Waals surface area contributed by atoms with E-state index in [2.05, 4.69) is 10.2 Å². The summed E-state index contributed by atoms with van der Waals surface area (Å²) < 4.78 is 11.9. The van der Waals surface area contributed by atoms with Gasteiger partial charge in [-0.05, 0) is 57.1 Å². The van der Waals surface area contributed by atoms with Gasteiger partial charge < -0.3 is 19.4 Å². The molecule has 31 heavy (non-hydrogen) atoms. The van der Waals surface area contributed by atoms with Crippen molar-refractivity contribution >= 4 is 17.6 Å². The molecule has 0 saturated carbocycles. The van der Waals surface area contributed by atoms with E-state index in [0.29, 0.717) is 24.4 Å². The molecule has 1 aliphatic heterocycles. The Morgan fingerprint density at radius 2 is 1.81 bits per heavy atom. The van der Waals surface area contributed by atoms with Crippen molar-refractivity contribution in [1.29, 1.82) is 0 Å². The molecule has 8 heteroatoms. The fraction of sp³-hybridized carbons (Fsp3) is 0.435. The third kappa shape index (κ3) is 6.18. The number of methoxy groups -OCH3 is 1. The Balaban J connectivity index is 1.71. The van der Waals surface area contributed by atoms with E-state index in [-0.39, 0.29) is 23.6 Å². The zero-order valence-corrected chi connectivity index (χ0v) is 18.1. The van der Waals surface area contributed by atoms with Gasteiger partial charge in [-0.2, -0.15) is 0 Å². The second kappa shape index (κ2) is 10.8. The molecule has 0 radical (unpaired) electrons. The van der Waals surface area contributed by atoms with E-state index in [0.717, 1.165) is 31.6 Å². The summed E-state index contributed by atoms with van der Waals surface area (Å²) >= 11 is 0. The van der Waals surface area contributed by atoms with Crippen molar-refractivity contribution in [1.82, 2.24) is 9.47 Å². The quantitative estimate of drug-likeness (QED) is 0.652. The zero-order chi connectivity index (χ0) is 22.2. The Morgan fingerprint density at radius 3 is 2.45 bits per heavy atom. The number of ether oxygens (including phenoxy) is 2. The number of aromatic nitrogens is 1. The minimum Gasteiger partial charge on any atom is -0.491 e. The fourth-order valence-electron chi connectivity index (χ4n) is 3.64. The molecule has 0 unspecified atom stereocenters. The van der Waals surface area contributed by atoms with Gasteiger partial charge in [-0.15, -0.1) is 0 Å². The highest BCUT2D eigenvalue weighted by Gasteiger charge is 2.16. The van der Waals surface area contributed by atoms with E-state index in [1.54, 1.807) is 48.0 Å². The molecule has 2 aromatic rings. The average Bonchev–Trinajstić information content (AvgIpc) is 2.77. The van der Waals surface area contributed by atoms with Crippen molar-refractivity contribution < 1.29 is 19.1 Å². The predicted molar refractivity (Wildman–Crippen MR) is 117 cm³/mol. The molecule has 0 aliphatic carbocycles. The lowest BCUT2D eigenvalue weighted by molar-refractivity contribution is -0.116. The van der Waals surface area contributed by atoms with E-state index in [1.807, 2.05) is 0 Å². The average molecular weight is 428 g/mol. The van der Waals surface area contributed by atoms with Crippen molar-refractivity contribution in [2.45, 2.75) is 39.3 Å². The number of anilines is 1. The van der Waals surface area contributed by atoms with Crippen molar-refractivity contribution in [2.24, 2.45) is 0 Å². The van der Waals surface area contributed by atoms with Crippen molar-refractivity contribution in [2.75, 3.05) is 32.1 Å². The maximum absolute atomic E-state index is 12.7. The number of amides is 1. The summed E-state index contributed by atoms with van der Waals surface area (Å²) in [7, 11) is 1.44. The lowest BCUT2D eigenvalue weighted by Crippen LogP contribution is -2.32. The number of carbonyl (C=O) groups is 2. The van der Waals surface area contributed by atoms with Gasteiger partial charge in [-0.1, -0.05) is 6.42 Å². The number of pyridine rings is 1. The molecule has 1 amide bonds. The van der Waals surface area contributed by atoms with E-state index >= 15 is 0 Å². The number of nitrogens with zero attached hydrogens (tertiary/aromatic N) is 2. The summed E-state index contributed by atoms with van der Waals surface area (Å²) in [6, 6.07) is 8.08. The second-order valence-corrected chi connectivity index (χ2v) is 7.51. The lowest BCUT2D eigenvalue weighted by Gasteiger charge is -2.27. The number of hydrogen-bond acceptors (Lipinski definition) is 6. The van der Waals surface area contributed by atoms with Crippen molar-refractivity contribution in [3.63, 3.8) is 0 Å².